The summed E-state index contributed by atoms with van der Waals surface area (Å²) in [5.41, 5.74) is 6.29. The zero-order valence-corrected chi connectivity index (χ0v) is 17.6. The quantitative estimate of drug-likeness (QED) is 0.626. The van der Waals surface area contributed by atoms with Crippen molar-refractivity contribution in [2.75, 3.05) is 0 Å². The molecule has 3 heteroatoms. The molecule has 28 heavy (non-hydrogen) atoms. The molecule has 2 aromatic rings. The minimum absolute atomic E-state index is 0.0387. The Labute approximate surface area is 169 Å². The van der Waals surface area contributed by atoms with Crippen LogP contribution in [0.15, 0.2) is 42.5 Å². The van der Waals surface area contributed by atoms with Crippen LogP contribution in [0.25, 0.3) is 6.08 Å². The summed E-state index contributed by atoms with van der Waals surface area (Å²) in [4.78, 5) is 0. The summed E-state index contributed by atoms with van der Waals surface area (Å²) in [6.45, 7) is 8.11. The second kappa shape index (κ2) is 10.0. The highest BCUT2D eigenvalue weighted by Crippen LogP contribution is 2.22. The molecule has 2 aromatic carbocycles. The van der Waals surface area contributed by atoms with Gasteiger partial charge in [0.2, 0.25) is 0 Å². The highest BCUT2D eigenvalue weighted by atomic mass is 16.3. The van der Waals surface area contributed by atoms with Crippen molar-refractivity contribution in [3.63, 3.8) is 0 Å². The molecule has 1 unspecified atom stereocenters. The van der Waals surface area contributed by atoms with Crippen LogP contribution in [0.3, 0.4) is 0 Å². The smallest absolute Gasteiger partial charge is 0.0772 e. The van der Waals surface area contributed by atoms with Gasteiger partial charge < -0.3 is 15.3 Å². The van der Waals surface area contributed by atoms with Crippen molar-refractivity contribution in [1.29, 1.82) is 0 Å². The van der Waals surface area contributed by atoms with Gasteiger partial charge in [0, 0.05) is 0 Å². The van der Waals surface area contributed by atoms with Gasteiger partial charge >= 0.3 is 0 Å². The summed E-state index contributed by atoms with van der Waals surface area (Å²) in [5.74, 6) is 0. The summed E-state index contributed by atoms with van der Waals surface area (Å²) in [7, 11) is 0. The van der Waals surface area contributed by atoms with Gasteiger partial charge in [0.05, 0.1) is 19.3 Å². The van der Waals surface area contributed by atoms with Crippen molar-refractivity contribution in [3.05, 3.63) is 75.9 Å². The molecular formula is C25H34O3. The highest BCUT2D eigenvalue weighted by Gasteiger charge is 2.18. The number of aliphatic hydroxyl groups excluding tert-OH is 3. The topological polar surface area (TPSA) is 60.7 Å². The summed E-state index contributed by atoms with van der Waals surface area (Å²) in [6, 6.07) is 12.4. The lowest BCUT2D eigenvalue weighted by atomic mass is 9.88. The first-order valence-corrected chi connectivity index (χ1v) is 10.0. The molecule has 2 rings (SSSR count). The first-order chi connectivity index (χ1) is 13.2. The molecule has 0 heterocycles. The zero-order valence-electron chi connectivity index (χ0n) is 17.6. The van der Waals surface area contributed by atoms with E-state index in [9.17, 15) is 15.3 Å². The molecule has 3 nitrogen and oxygen atoms in total. The molecule has 1 atom stereocenters. The van der Waals surface area contributed by atoms with Crippen molar-refractivity contribution in [3.8, 4) is 0 Å². The van der Waals surface area contributed by atoms with Crippen molar-refractivity contribution in [2.45, 2.75) is 66.3 Å². The van der Waals surface area contributed by atoms with Gasteiger partial charge in [0.1, 0.15) is 0 Å². The van der Waals surface area contributed by atoms with Gasteiger partial charge in [-0.2, -0.15) is 0 Å². The highest BCUT2D eigenvalue weighted by molar-refractivity contribution is 5.55. The van der Waals surface area contributed by atoms with Crippen LogP contribution in [0.2, 0.25) is 0 Å². The average Bonchev–Trinajstić information content (AvgIpc) is 2.66. The molecule has 0 amide bonds. The van der Waals surface area contributed by atoms with E-state index in [1.165, 1.54) is 16.7 Å². The van der Waals surface area contributed by atoms with E-state index in [0.29, 0.717) is 0 Å². The van der Waals surface area contributed by atoms with Crippen LogP contribution in [0.5, 0.6) is 0 Å². The Balaban J connectivity index is 1.95. The van der Waals surface area contributed by atoms with Gasteiger partial charge in [-0.05, 0) is 65.0 Å². The summed E-state index contributed by atoms with van der Waals surface area (Å²) in [5, 5.41) is 28.9. The molecule has 0 bridgehead atoms. The maximum Gasteiger partial charge on any atom is 0.0772 e. The molecule has 152 valence electrons. The van der Waals surface area contributed by atoms with Gasteiger partial charge in [-0.3, -0.25) is 0 Å². The third kappa shape index (κ3) is 6.30. The maximum atomic E-state index is 10.2. The largest absolute Gasteiger partial charge is 0.392 e. The Bertz CT molecular complexity index is 800. The van der Waals surface area contributed by atoms with E-state index in [1.54, 1.807) is 0 Å². The Kier molecular flexibility index (Phi) is 7.99. The fraction of sp³-hybridized carbons (Fsp3) is 0.440. The lowest BCUT2D eigenvalue weighted by Crippen LogP contribution is -2.23. The molecule has 0 saturated heterocycles. The molecular weight excluding hydrogens is 348 g/mol. The Morgan fingerprint density at radius 3 is 2.07 bits per heavy atom. The zero-order chi connectivity index (χ0) is 20.7. The Hall–Kier alpha value is -1.94. The number of hydrogen-bond donors (Lipinski definition) is 3. The SMILES string of the molecule is Cc1cc(CCCc2ccc(CO)c(CO)c2)ccc1/C=C/C(O)C(C)(C)C. The molecule has 0 aliphatic rings. The van der Waals surface area contributed by atoms with Crippen LogP contribution in [0.4, 0.5) is 0 Å². The van der Waals surface area contributed by atoms with Gasteiger partial charge in [0.25, 0.3) is 0 Å². The number of rotatable bonds is 8. The summed E-state index contributed by atoms with van der Waals surface area (Å²) in [6.07, 6.45) is 6.38. The van der Waals surface area contributed by atoms with E-state index in [-0.39, 0.29) is 18.6 Å². The van der Waals surface area contributed by atoms with Crippen LogP contribution in [-0.2, 0) is 26.1 Å². The normalized spacial score (nSPS) is 13.2. The molecule has 3 N–H and O–H groups in total. The molecule has 0 spiro atoms. The molecule has 0 aromatic heterocycles. The number of benzene rings is 2. The van der Waals surface area contributed by atoms with Crippen LogP contribution >= 0.6 is 0 Å². The van der Waals surface area contributed by atoms with Gasteiger partial charge in [-0.1, -0.05) is 69.3 Å². The minimum atomic E-state index is -0.465. The lowest BCUT2D eigenvalue weighted by molar-refractivity contribution is 0.106. The van der Waals surface area contributed by atoms with Crippen LogP contribution < -0.4 is 0 Å². The fourth-order valence-electron chi connectivity index (χ4n) is 3.20. The van der Waals surface area contributed by atoms with Crippen molar-refractivity contribution in [1.82, 2.24) is 0 Å². The third-order valence-electron chi connectivity index (χ3n) is 5.22. The summed E-state index contributed by atoms with van der Waals surface area (Å²) < 4.78 is 0. The van der Waals surface area contributed by atoms with Gasteiger partial charge in [0.15, 0.2) is 0 Å². The molecule has 0 saturated carbocycles. The van der Waals surface area contributed by atoms with E-state index in [2.05, 4.69) is 25.1 Å². The lowest BCUT2D eigenvalue weighted by Gasteiger charge is -2.22. The van der Waals surface area contributed by atoms with E-state index in [1.807, 2.05) is 51.1 Å². The molecule has 0 aliphatic heterocycles. The summed E-state index contributed by atoms with van der Waals surface area (Å²) >= 11 is 0. The number of aryl methyl sites for hydroxylation is 3. The van der Waals surface area contributed by atoms with E-state index in [4.69, 9.17) is 0 Å². The predicted molar refractivity (Wildman–Crippen MR) is 116 cm³/mol. The van der Waals surface area contributed by atoms with E-state index >= 15 is 0 Å². The van der Waals surface area contributed by atoms with Crippen LogP contribution in [0, 0.1) is 12.3 Å². The number of hydrogen-bond acceptors (Lipinski definition) is 3. The van der Waals surface area contributed by atoms with E-state index < -0.39 is 6.10 Å². The van der Waals surface area contributed by atoms with Crippen LogP contribution in [0.1, 0.15) is 60.6 Å². The fourth-order valence-corrected chi connectivity index (χ4v) is 3.20. The first kappa shape index (κ1) is 22.4. The second-order valence-corrected chi connectivity index (χ2v) is 8.63. The Morgan fingerprint density at radius 1 is 0.893 bits per heavy atom. The predicted octanol–water partition coefficient (Wildman–Crippen LogP) is 4.58. The molecule has 0 fully saturated rings. The standard InChI is InChI=1S/C25H34O3/c1-18-14-19(8-10-21(18)12-13-24(28)25(2,3)4)6-5-7-20-9-11-22(16-26)23(15-20)17-27/h8-15,24,26-28H,5-7,16-17H2,1-4H3/b13-12+. The van der Waals surface area contributed by atoms with Gasteiger partial charge in [-0.15, -0.1) is 0 Å². The molecule has 0 aliphatic carbocycles. The van der Waals surface area contributed by atoms with Gasteiger partial charge in [-0.25, -0.2) is 0 Å². The van der Waals surface area contributed by atoms with Crippen molar-refractivity contribution < 1.29 is 15.3 Å². The van der Waals surface area contributed by atoms with E-state index in [0.717, 1.165) is 36.0 Å². The monoisotopic (exact) mass is 382 g/mol. The third-order valence-corrected chi connectivity index (χ3v) is 5.22. The minimum Gasteiger partial charge on any atom is -0.392 e. The van der Waals surface area contributed by atoms with Crippen LogP contribution in [-0.4, -0.2) is 21.4 Å². The van der Waals surface area contributed by atoms with Crippen molar-refractivity contribution >= 4 is 6.08 Å². The Morgan fingerprint density at radius 2 is 1.50 bits per heavy atom. The number of aliphatic hydroxyl groups is 3. The maximum absolute atomic E-state index is 10.2. The first-order valence-electron chi connectivity index (χ1n) is 10.0. The molecule has 0 radical (unpaired) electrons. The average molecular weight is 383 g/mol. The second-order valence-electron chi connectivity index (χ2n) is 8.63. The van der Waals surface area contributed by atoms with Crippen molar-refractivity contribution in [2.24, 2.45) is 5.41 Å².